The number of anilines is 1. The van der Waals surface area contributed by atoms with E-state index in [0.29, 0.717) is 5.69 Å². The van der Waals surface area contributed by atoms with Gasteiger partial charge in [0, 0.05) is 12.2 Å². The summed E-state index contributed by atoms with van der Waals surface area (Å²) in [6.45, 7) is 1.35. The van der Waals surface area contributed by atoms with Crippen LogP contribution in [-0.2, 0) is 24.3 Å². The Morgan fingerprint density at radius 2 is 1.83 bits per heavy atom. The highest BCUT2D eigenvalue weighted by atomic mass is 32.2. The van der Waals surface area contributed by atoms with Crippen molar-refractivity contribution in [1.29, 1.82) is 0 Å². The number of rotatable bonds is 8. The zero-order valence-electron chi connectivity index (χ0n) is 15.6. The average molecular weight is 433 g/mol. The van der Waals surface area contributed by atoms with E-state index in [4.69, 9.17) is 4.74 Å². The van der Waals surface area contributed by atoms with Gasteiger partial charge in [-0.2, -0.15) is 0 Å². The molecule has 0 spiro atoms. The molecule has 0 aliphatic heterocycles. The van der Waals surface area contributed by atoms with Crippen molar-refractivity contribution in [2.45, 2.75) is 23.7 Å². The van der Waals surface area contributed by atoms with Gasteiger partial charge < -0.3 is 10.1 Å². The molecule has 1 aromatic heterocycles. The fourth-order valence-electron chi connectivity index (χ4n) is 2.60. The van der Waals surface area contributed by atoms with E-state index in [2.05, 4.69) is 10.0 Å². The van der Waals surface area contributed by atoms with Crippen LogP contribution in [0.25, 0.3) is 10.8 Å². The molecule has 3 rings (SSSR count). The maximum atomic E-state index is 12.3. The van der Waals surface area contributed by atoms with Gasteiger partial charge in [-0.15, -0.1) is 11.3 Å². The molecule has 1 heterocycles. The maximum absolute atomic E-state index is 12.3. The number of fused-ring (bicyclic) bond motifs is 1. The van der Waals surface area contributed by atoms with Crippen molar-refractivity contribution in [3.63, 3.8) is 0 Å². The Balaban J connectivity index is 1.47. The van der Waals surface area contributed by atoms with Crippen molar-refractivity contribution in [3.8, 4) is 0 Å². The van der Waals surface area contributed by atoms with Crippen molar-refractivity contribution in [2.24, 2.45) is 0 Å². The average Bonchev–Trinajstić information content (AvgIpc) is 3.23. The molecule has 2 N–H and O–H groups in total. The normalized spacial score (nSPS) is 12.4. The Morgan fingerprint density at radius 3 is 2.55 bits per heavy atom. The van der Waals surface area contributed by atoms with Gasteiger partial charge in [-0.3, -0.25) is 9.59 Å². The highest BCUT2D eigenvalue weighted by Gasteiger charge is 2.19. The molecule has 0 fully saturated rings. The minimum Gasteiger partial charge on any atom is -0.452 e. The third kappa shape index (κ3) is 5.63. The smallest absolute Gasteiger partial charge is 0.307 e. The molecule has 0 saturated carbocycles. The fourth-order valence-corrected chi connectivity index (χ4v) is 4.66. The summed E-state index contributed by atoms with van der Waals surface area (Å²) in [5, 5.41) is 6.39. The maximum Gasteiger partial charge on any atom is 0.307 e. The second-order valence-corrected chi connectivity index (χ2v) is 9.20. The van der Waals surface area contributed by atoms with E-state index in [9.17, 15) is 18.0 Å². The van der Waals surface area contributed by atoms with Crippen LogP contribution in [0.3, 0.4) is 0 Å². The summed E-state index contributed by atoms with van der Waals surface area (Å²) in [5.74, 6) is -1.13. The second-order valence-electron chi connectivity index (χ2n) is 6.26. The van der Waals surface area contributed by atoms with Crippen LogP contribution in [0.2, 0.25) is 0 Å². The molecule has 2 aromatic carbocycles. The quantitative estimate of drug-likeness (QED) is 0.533. The van der Waals surface area contributed by atoms with Gasteiger partial charge in [0.15, 0.2) is 6.10 Å². The van der Waals surface area contributed by atoms with Crippen molar-refractivity contribution < 1.29 is 22.7 Å². The van der Waals surface area contributed by atoms with Crippen LogP contribution in [0.4, 0.5) is 5.69 Å². The fraction of sp³-hybridized carbons (Fsp3) is 0.200. The van der Waals surface area contributed by atoms with Gasteiger partial charge in [0.05, 0.1) is 6.42 Å². The third-order valence-corrected chi connectivity index (χ3v) is 6.93. The van der Waals surface area contributed by atoms with E-state index in [1.165, 1.54) is 13.0 Å². The second kappa shape index (κ2) is 9.17. The lowest BCUT2D eigenvalue weighted by atomic mass is 10.1. The van der Waals surface area contributed by atoms with E-state index < -0.39 is 28.0 Å². The Labute approximate surface area is 172 Å². The minimum atomic E-state index is -3.63. The summed E-state index contributed by atoms with van der Waals surface area (Å²) >= 11 is 1.09. The zero-order chi connectivity index (χ0) is 20.9. The summed E-state index contributed by atoms with van der Waals surface area (Å²) in [4.78, 5) is 24.2. The molecule has 0 saturated heterocycles. The molecule has 152 valence electrons. The Hall–Kier alpha value is -2.75. The van der Waals surface area contributed by atoms with Crippen LogP contribution in [0.5, 0.6) is 0 Å². The SMILES string of the molecule is CC(OC(=O)CCNS(=O)(=O)c1cccs1)C(=O)Nc1ccc2ccccc2c1. The molecule has 9 heteroatoms. The zero-order valence-corrected chi connectivity index (χ0v) is 17.3. The molecule has 7 nitrogen and oxygen atoms in total. The van der Waals surface area contributed by atoms with Crippen LogP contribution in [-0.4, -0.2) is 32.9 Å². The number of ether oxygens (including phenoxy) is 1. The molecule has 1 amide bonds. The van der Waals surface area contributed by atoms with Gasteiger partial charge in [-0.25, -0.2) is 13.1 Å². The lowest BCUT2D eigenvalue weighted by molar-refractivity contribution is -0.152. The number of benzene rings is 2. The molecule has 3 aromatic rings. The van der Waals surface area contributed by atoms with Crippen molar-refractivity contribution in [1.82, 2.24) is 4.72 Å². The molecule has 29 heavy (non-hydrogen) atoms. The number of amides is 1. The number of carbonyl (C=O) groups excluding carboxylic acids is 2. The lowest BCUT2D eigenvalue weighted by Crippen LogP contribution is -2.32. The van der Waals surface area contributed by atoms with Gasteiger partial charge in [-0.05, 0) is 41.3 Å². The number of hydrogen-bond acceptors (Lipinski definition) is 6. The predicted octanol–water partition coefficient (Wildman–Crippen LogP) is 3.14. The largest absolute Gasteiger partial charge is 0.452 e. The van der Waals surface area contributed by atoms with Gasteiger partial charge in [0.1, 0.15) is 4.21 Å². The van der Waals surface area contributed by atoms with Crippen LogP contribution >= 0.6 is 11.3 Å². The first-order valence-corrected chi connectivity index (χ1v) is 11.2. The lowest BCUT2D eigenvalue weighted by Gasteiger charge is -2.14. The van der Waals surface area contributed by atoms with Crippen molar-refractivity contribution in [3.05, 3.63) is 60.0 Å². The highest BCUT2D eigenvalue weighted by Crippen LogP contribution is 2.19. The molecule has 0 radical (unpaired) electrons. The molecule has 0 aliphatic rings. The summed E-state index contributed by atoms with van der Waals surface area (Å²) in [7, 11) is -3.63. The van der Waals surface area contributed by atoms with E-state index in [1.54, 1.807) is 17.5 Å². The topological polar surface area (TPSA) is 102 Å². The van der Waals surface area contributed by atoms with E-state index >= 15 is 0 Å². The minimum absolute atomic E-state index is 0.113. The van der Waals surface area contributed by atoms with E-state index in [0.717, 1.165) is 22.1 Å². The molecule has 1 atom stereocenters. The summed E-state index contributed by atoms with van der Waals surface area (Å²) in [5.41, 5.74) is 0.598. The van der Waals surface area contributed by atoms with Gasteiger partial charge in [0.2, 0.25) is 10.0 Å². The Bertz CT molecular complexity index is 1110. The summed E-state index contributed by atoms with van der Waals surface area (Å²) < 4.78 is 31.6. The van der Waals surface area contributed by atoms with Gasteiger partial charge in [0.25, 0.3) is 5.91 Å². The van der Waals surface area contributed by atoms with E-state index in [-0.39, 0.29) is 17.2 Å². The van der Waals surface area contributed by atoms with Crippen LogP contribution in [0.1, 0.15) is 13.3 Å². The standard InChI is InChI=1S/C20H20N2O5S2/c1-14(20(24)22-17-9-8-15-5-2-3-6-16(15)13-17)27-18(23)10-11-21-29(25,26)19-7-4-12-28-19/h2-9,12-14,21H,10-11H2,1H3,(H,22,24). The number of hydrogen-bond donors (Lipinski definition) is 2. The first-order valence-electron chi connectivity index (χ1n) is 8.87. The number of nitrogens with one attached hydrogen (secondary N) is 2. The number of carbonyl (C=O) groups is 2. The predicted molar refractivity (Wildman–Crippen MR) is 112 cm³/mol. The van der Waals surface area contributed by atoms with Crippen molar-refractivity contribution >= 4 is 49.7 Å². The van der Waals surface area contributed by atoms with Crippen LogP contribution in [0.15, 0.2) is 64.2 Å². The van der Waals surface area contributed by atoms with E-state index in [1.807, 2.05) is 36.4 Å². The monoisotopic (exact) mass is 432 g/mol. The molecular weight excluding hydrogens is 412 g/mol. The molecular formula is C20H20N2O5S2. The molecule has 0 aliphatic carbocycles. The first-order chi connectivity index (χ1) is 13.8. The third-order valence-electron chi connectivity index (χ3n) is 4.08. The van der Waals surface area contributed by atoms with Crippen molar-refractivity contribution in [2.75, 3.05) is 11.9 Å². The Kier molecular flexibility index (Phi) is 6.63. The number of esters is 1. The van der Waals surface area contributed by atoms with Crippen LogP contribution in [0, 0.1) is 0 Å². The van der Waals surface area contributed by atoms with Crippen LogP contribution < -0.4 is 10.0 Å². The summed E-state index contributed by atoms with van der Waals surface area (Å²) in [6, 6.07) is 16.3. The van der Waals surface area contributed by atoms with Gasteiger partial charge >= 0.3 is 5.97 Å². The number of sulfonamides is 1. The molecule has 1 unspecified atom stereocenters. The highest BCUT2D eigenvalue weighted by molar-refractivity contribution is 7.91. The molecule has 0 bridgehead atoms. The summed E-state index contributed by atoms with van der Waals surface area (Å²) in [6.07, 6.45) is -1.19. The van der Waals surface area contributed by atoms with Gasteiger partial charge in [-0.1, -0.05) is 36.4 Å². The first kappa shape index (κ1) is 21.0. The Morgan fingerprint density at radius 1 is 1.07 bits per heavy atom. The number of thiophene rings is 1.